The minimum absolute atomic E-state index is 0. The fraction of sp³-hybridized carbons (Fsp3) is 0.462. The van der Waals surface area contributed by atoms with E-state index >= 15 is 0 Å². The van der Waals surface area contributed by atoms with E-state index in [1.54, 1.807) is 29.2 Å². The summed E-state index contributed by atoms with van der Waals surface area (Å²) in [4.78, 5) is 16.1. The number of urea groups is 1. The van der Waals surface area contributed by atoms with Gasteiger partial charge in [0.1, 0.15) is 0 Å². The molecule has 2 fully saturated rings. The van der Waals surface area contributed by atoms with Gasteiger partial charge in [0, 0.05) is 32.4 Å². The number of hydrogen-bond acceptors (Lipinski definition) is 4. The molecule has 3 rings (SSSR count). The predicted molar refractivity (Wildman–Crippen MR) is 86.0 cm³/mol. The van der Waals surface area contributed by atoms with Gasteiger partial charge in [-0.25, -0.2) is 13.2 Å². The number of carbonyl (C=O) groups excluding carboxylic acids is 1. The van der Waals surface area contributed by atoms with Gasteiger partial charge in [0.25, 0.3) is 0 Å². The van der Waals surface area contributed by atoms with Crippen molar-refractivity contribution in [1.82, 2.24) is 10.2 Å². The number of amides is 2. The van der Waals surface area contributed by atoms with E-state index in [-0.39, 0.29) is 33.9 Å². The summed E-state index contributed by atoms with van der Waals surface area (Å²) in [5.41, 5.74) is 0.481. The Labute approximate surface area is 134 Å². The van der Waals surface area contributed by atoms with Gasteiger partial charge in [0.2, 0.25) is 0 Å². The average Bonchev–Trinajstić information content (AvgIpc) is 2.76. The van der Waals surface area contributed by atoms with Crippen molar-refractivity contribution < 1.29 is 13.2 Å². The molecule has 21 heavy (non-hydrogen) atoms. The maximum atomic E-state index is 12.4. The van der Waals surface area contributed by atoms with Crippen molar-refractivity contribution in [2.24, 2.45) is 0 Å². The fourth-order valence-corrected chi connectivity index (χ4v) is 3.70. The van der Waals surface area contributed by atoms with Crippen LogP contribution in [0.3, 0.4) is 0 Å². The number of fused-ring (bicyclic) bond motifs is 1. The molecule has 6 nitrogen and oxygen atoms in total. The van der Waals surface area contributed by atoms with Gasteiger partial charge in [-0.15, -0.1) is 17.0 Å². The van der Waals surface area contributed by atoms with Crippen LogP contribution >= 0.6 is 17.0 Å². The van der Waals surface area contributed by atoms with Crippen LogP contribution < -0.4 is 10.2 Å². The molecule has 2 amide bonds. The topological polar surface area (TPSA) is 69.7 Å². The number of anilines is 1. The second-order valence-corrected chi connectivity index (χ2v) is 7.17. The third kappa shape index (κ3) is 2.93. The van der Waals surface area contributed by atoms with Gasteiger partial charge in [-0.05, 0) is 12.1 Å². The van der Waals surface area contributed by atoms with E-state index in [9.17, 15) is 13.2 Å². The molecule has 0 saturated carbocycles. The van der Waals surface area contributed by atoms with Crippen LogP contribution in [0.2, 0.25) is 0 Å². The quantitative estimate of drug-likeness (QED) is 0.832. The summed E-state index contributed by atoms with van der Waals surface area (Å²) in [5.74, 6) is 0. The molecule has 0 radical (unpaired) electrons. The van der Waals surface area contributed by atoms with Crippen LogP contribution in [0, 0.1) is 0 Å². The highest BCUT2D eigenvalue weighted by atomic mass is 79.9. The number of benzene rings is 1. The Bertz CT molecular complexity index is 650. The number of sulfone groups is 1. The first kappa shape index (κ1) is 16.3. The van der Waals surface area contributed by atoms with Crippen molar-refractivity contribution in [1.29, 1.82) is 0 Å². The summed E-state index contributed by atoms with van der Waals surface area (Å²) in [6, 6.07) is 6.69. The molecule has 0 bridgehead atoms. The Morgan fingerprint density at radius 2 is 2.00 bits per heavy atom. The maximum Gasteiger partial charge on any atom is 0.324 e. The summed E-state index contributed by atoms with van der Waals surface area (Å²) >= 11 is 0. The third-order valence-electron chi connectivity index (χ3n) is 3.78. The average molecular weight is 376 g/mol. The highest BCUT2D eigenvalue weighted by Gasteiger charge is 2.40. The molecule has 116 valence electrons. The number of nitrogens with zero attached hydrogens (tertiary/aromatic N) is 2. The van der Waals surface area contributed by atoms with Crippen molar-refractivity contribution >= 4 is 38.5 Å². The summed E-state index contributed by atoms with van der Waals surface area (Å²) in [6.07, 6.45) is 1.17. The van der Waals surface area contributed by atoms with Crippen LogP contribution in [0.4, 0.5) is 10.5 Å². The molecular weight excluding hydrogens is 358 g/mol. The summed E-state index contributed by atoms with van der Waals surface area (Å²) in [7, 11) is -3.36. The number of para-hydroxylation sites is 1. The molecule has 1 atom stereocenters. The van der Waals surface area contributed by atoms with Crippen molar-refractivity contribution in [3.8, 4) is 0 Å². The van der Waals surface area contributed by atoms with Crippen LogP contribution in [-0.4, -0.2) is 57.8 Å². The molecule has 0 aromatic heterocycles. The second kappa shape index (κ2) is 5.94. The molecule has 2 saturated heterocycles. The van der Waals surface area contributed by atoms with E-state index in [0.717, 1.165) is 13.1 Å². The van der Waals surface area contributed by atoms with Crippen LogP contribution in [0.1, 0.15) is 0 Å². The molecule has 0 aliphatic carbocycles. The normalized spacial score (nSPS) is 22.0. The van der Waals surface area contributed by atoms with E-state index in [1.165, 1.54) is 6.26 Å². The van der Waals surface area contributed by atoms with Crippen molar-refractivity contribution in [2.45, 2.75) is 10.9 Å². The highest BCUT2D eigenvalue weighted by Crippen LogP contribution is 2.30. The minimum Gasteiger partial charge on any atom is -0.317 e. The Kier molecular flexibility index (Phi) is 4.60. The van der Waals surface area contributed by atoms with Gasteiger partial charge < -0.3 is 10.2 Å². The Balaban J connectivity index is 0.00000161. The Hall–Kier alpha value is -1.12. The van der Waals surface area contributed by atoms with Crippen LogP contribution in [0.5, 0.6) is 0 Å². The van der Waals surface area contributed by atoms with E-state index in [4.69, 9.17) is 0 Å². The Morgan fingerprint density at radius 3 is 2.67 bits per heavy atom. The summed E-state index contributed by atoms with van der Waals surface area (Å²) < 4.78 is 23.7. The fourth-order valence-electron chi connectivity index (χ4n) is 2.81. The summed E-state index contributed by atoms with van der Waals surface area (Å²) in [6.45, 7) is 2.73. The highest BCUT2D eigenvalue weighted by molar-refractivity contribution is 8.93. The van der Waals surface area contributed by atoms with Crippen molar-refractivity contribution in [3.05, 3.63) is 24.3 Å². The number of hydrogen-bond donors (Lipinski definition) is 1. The minimum atomic E-state index is -3.36. The SMILES string of the molecule is Br.CS(=O)(=O)c1ccccc1N1CC2CNCCN2C1=O. The number of carbonyl (C=O) groups is 1. The number of nitrogens with one attached hydrogen (secondary N) is 1. The first-order valence-electron chi connectivity index (χ1n) is 6.56. The monoisotopic (exact) mass is 375 g/mol. The zero-order valence-electron chi connectivity index (χ0n) is 11.7. The lowest BCUT2D eigenvalue weighted by Crippen LogP contribution is -2.49. The molecule has 2 aliphatic heterocycles. The molecule has 1 aromatic rings. The molecule has 1 N–H and O–H groups in total. The molecule has 8 heteroatoms. The largest absolute Gasteiger partial charge is 0.324 e. The number of rotatable bonds is 2. The van der Waals surface area contributed by atoms with Crippen molar-refractivity contribution in [2.75, 3.05) is 37.3 Å². The lowest BCUT2D eigenvalue weighted by Gasteiger charge is -2.28. The van der Waals surface area contributed by atoms with Gasteiger partial charge in [0.15, 0.2) is 9.84 Å². The first-order valence-corrected chi connectivity index (χ1v) is 8.45. The van der Waals surface area contributed by atoms with Crippen LogP contribution in [0.25, 0.3) is 0 Å². The van der Waals surface area contributed by atoms with Crippen LogP contribution in [0.15, 0.2) is 29.2 Å². The Morgan fingerprint density at radius 1 is 1.29 bits per heavy atom. The van der Waals surface area contributed by atoms with Crippen molar-refractivity contribution in [3.63, 3.8) is 0 Å². The van der Waals surface area contributed by atoms with Gasteiger partial charge in [-0.1, -0.05) is 12.1 Å². The first-order chi connectivity index (χ1) is 9.48. The molecule has 2 heterocycles. The van der Waals surface area contributed by atoms with Crippen LogP contribution in [-0.2, 0) is 9.84 Å². The van der Waals surface area contributed by atoms with E-state index in [2.05, 4.69) is 5.32 Å². The van der Waals surface area contributed by atoms with Gasteiger partial charge in [0.05, 0.1) is 16.6 Å². The zero-order valence-corrected chi connectivity index (χ0v) is 14.2. The second-order valence-electron chi connectivity index (χ2n) is 5.18. The molecule has 1 unspecified atom stereocenters. The van der Waals surface area contributed by atoms with Gasteiger partial charge in [-0.3, -0.25) is 4.90 Å². The third-order valence-corrected chi connectivity index (χ3v) is 4.92. The lowest BCUT2D eigenvalue weighted by molar-refractivity contribution is 0.193. The molecule has 0 spiro atoms. The molecular formula is C13H18BrN3O3S. The van der Waals surface area contributed by atoms with Gasteiger partial charge in [-0.2, -0.15) is 0 Å². The summed E-state index contributed by atoms with van der Waals surface area (Å²) in [5, 5.41) is 3.25. The van der Waals surface area contributed by atoms with E-state index in [0.29, 0.717) is 18.8 Å². The zero-order chi connectivity index (χ0) is 14.3. The van der Waals surface area contributed by atoms with E-state index in [1.807, 2.05) is 4.90 Å². The van der Waals surface area contributed by atoms with Gasteiger partial charge >= 0.3 is 6.03 Å². The smallest absolute Gasteiger partial charge is 0.317 e. The number of halogens is 1. The number of piperazine rings is 1. The molecule has 2 aliphatic rings. The lowest BCUT2D eigenvalue weighted by atomic mass is 10.2. The molecule has 1 aromatic carbocycles. The van der Waals surface area contributed by atoms with E-state index < -0.39 is 9.84 Å². The maximum absolute atomic E-state index is 12.4. The predicted octanol–water partition coefficient (Wildman–Crippen LogP) is 0.882. The standard InChI is InChI=1S/C13H17N3O3S.BrH/c1-20(18,19)12-5-3-2-4-11(12)16-9-10-8-14-6-7-15(10)13(16)17;/h2-5,10,14H,6-9H2,1H3;1H.